The van der Waals surface area contributed by atoms with Crippen molar-refractivity contribution in [2.24, 2.45) is 11.5 Å². The maximum Gasteiger partial charge on any atom is 0.320 e. The van der Waals surface area contributed by atoms with Crippen LogP contribution in [0.15, 0.2) is 12.5 Å². The third kappa shape index (κ3) is 7.10. The molecule has 0 fully saturated rings. The van der Waals surface area contributed by atoms with Crippen LogP contribution in [0.25, 0.3) is 0 Å². The highest BCUT2D eigenvalue weighted by molar-refractivity contribution is 5.73. The van der Waals surface area contributed by atoms with E-state index >= 15 is 0 Å². The van der Waals surface area contributed by atoms with Gasteiger partial charge in [0.1, 0.15) is 24.0 Å². The van der Waals surface area contributed by atoms with Gasteiger partial charge in [-0.15, -0.1) is 0 Å². The number of imidazole rings is 1. The van der Waals surface area contributed by atoms with Gasteiger partial charge in [0.05, 0.1) is 13.1 Å². The second-order valence-corrected chi connectivity index (χ2v) is 6.20. The molecule has 1 heterocycles. The number of aromatic nitrogens is 2. The van der Waals surface area contributed by atoms with Gasteiger partial charge >= 0.3 is 11.9 Å². The summed E-state index contributed by atoms with van der Waals surface area (Å²) in [5, 5.41) is 17.5. The van der Waals surface area contributed by atoms with Crippen molar-refractivity contribution in [3.05, 3.63) is 18.2 Å². The fourth-order valence-corrected chi connectivity index (χ4v) is 2.53. The summed E-state index contributed by atoms with van der Waals surface area (Å²) in [6.07, 6.45) is 8.37. The molecule has 0 bridgehead atoms. The molecule has 1 rings (SSSR count). The van der Waals surface area contributed by atoms with Gasteiger partial charge in [-0.25, -0.2) is 9.13 Å². The Balaban J connectivity index is 2.29. The second kappa shape index (κ2) is 10.0. The molecule has 2 unspecified atom stereocenters. The first kappa shape index (κ1) is 20.1. The highest BCUT2D eigenvalue weighted by atomic mass is 16.4. The quantitative estimate of drug-likeness (QED) is 0.318. The van der Waals surface area contributed by atoms with Crippen molar-refractivity contribution in [3.8, 4) is 0 Å². The Bertz CT molecular complexity index is 544. The average molecular weight is 341 g/mol. The van der Waals surface area contributed by atoms with E-state index in [1.807, 2.05) is 13.3 Å². The molecule has 8 heteroatoms. The van der Waals surface area contributed by atoms with Gasteiger partial charge in [0, 0.05) is 6.92 Å². The van der Waals surface area contributed by atoms with Gasteiger partial charge in [-0.2, -0.15) is 0 Å². The molecule has 8 nitrogen and oxygen atoms in total. The zero-order valence-corrected chi connectivity index (χ0v) is 14.2. The van der Waals surface area contributed by atoms with Gasteiger partial charge < -0.3 is 21.7 Å². The summed E-state index contributed by atoms with van der Waals surface area (Å²) in [5.74, 6) is -1.90. The average Bonchev–Trinajstić information content (AvgIpc) is 2.87. The van der Waals surface area contributed by atoms with Crippen LogP contribution in [0.1, 0.15) is 44.2 Å². The smallest absolute Gasteiger partial charge is 0.320 e. The first-order chi connectivity index (χ1) is 11.3. The van der Waals surface area contributed by atoms with Gasteiger partial charge in [0.15, 0.2) is 0 Å². The lowest BCUT2D eigenvalue weighted by atomic mass is 10.1. The van der Waals surface area contributed by atoms with Crippen LogP contribution in [0.4, 0.5) is 0 Å². The van der Waals surface area contributed by atoms with E-state index in [-0.39, 0.29) is 0 Å². The minimum absolute atomic E-state index is 0.486. The predicted molar refractivity (Wildman–Crippen MR) is 88.3 cm³/mol. The number of unbranched alkanes of at least 4 members (excludes halogenated alkanes) is 2. The lowest BCUT2D eigenvalue weighted by Crippen LogP contribution is -2.32. The number of aryl methyl sites for hydroxylation is 3. The van der Waals surface area contributed by atoms with Crippen LogP contribution in [0.5, 0.6) is 0 Å². The van der Waals surface area contributed by atoms with Crippen molar-refractivity contribution < 1.29 is 24.4 Å². The van der Waals surface area contributed by atoms with Crippen molar-refractivity contribution in [1.82, 2.24) is 4.57 Å². The zero-order valence-electron chi connectivity index (χ0n) is 14.2. The zero-order chi connectivity index (χ0) is 18.1. The molecule has 2 atom stereocenters. The molecule has 1 aromatic rings. The van der Waals surface area contributed by atoms with Crippen LogP contribution < -0.4 is 16.0 Å². The molecule has 0 aliphatic heterocycles. The van der Waals surface area contributed by atoms with Crippen molar-refractivity contribution in [3.63, 3.8) is 0 Å². The molecule has 1 aromatic heterocycles. The molecular formula is C16H29N4O4+. The Morgan fingerprint density at radius 3 is 2.17 bits per heavy atom. The topological polar surface area (TPSA) is 135 Å². The van der Waals surface area contributed by atoms with Crippen LogP contribution in [0.2, 0.25) is 0 Å². The number of hydrogen-bond acceptors (Lipinski definition) is 4. The molecule has 6 N–H and O–H groups in total. The highest BCUT2D eigenvalue weighted by Gasteiger charge is 2.13. The van der Waals surface area contributed by atoms with Crippen LogP contribution in [0.3, 0.4) is 0 Å². The molecule has 0 radical (unpaired) electrons. The van der Waals surface area contributed by atoms with E-state index < -0.39 is 24.0 Å². The number of carboxylic acids is 2. The lowest BCUT2D eigenvalue weighted by molar-refractivity contribution is -0.697. The number of nitrogens with two attached hydrogens (primary N) is 2. The number of rotatable bonds is 12. The van der Waals surface area contributed by atoms with Crippen molar-refractivity contribution >= 4 is 11.9 Å². The van der Waals surface area contributed by atoms with Crippen LogP contribution in [-0.2, 0) is 22.7 Å². The molecule has 0 aromatic carbocycles. The van der Waals surface area contributed by atoms with Gasteiger partial charge in [0.25, 0.3) is 0 Å². The molecule has 24 heavy (non-hydrogen) atoms. The van der Waals surface area contributed by atoms with E-state index in [1.54, 1.807) is 0 Å². The number of nitrogens with zero attached hydrogens (tertiary/aromatic N) is 2. The first-order valence-electron chi connectivity index (χ1n) is 8.34. The molecule has 0 aliphatic carbocycles. The normalized spacial score (nSPS) is 13.6. The number of carbonyl (C=O) groups is 2. The van der Waals surface area contributed by atoms with Crippen LogP contribution in [0, 0.1) is 6.92 Å². The Morgan fingerprint density at radius 1 is 1.08 bits per heavy atom. The van der Waals surface area contributed by atoms with Crippen molar-refractivity contribution in [2.45, 2.75) is 70.6 Å². The summed E-state index contributed by atoms with van der Waals surface area (Å²) in [6, 6.07) is -1.56. The largest absolute Gasteiger partial charge is 0.480 e. The summed E-state index contributed by atoms with van der Waals surface area (Å²) < 4.78 is 4.22. The lowest BCUT2D eigenvalue weighted by Gasteiger charge is -2.05. The summed E-state index contributed by atoms with van der Waals surface area (Å²) in [6.45, 7) is 3.68. The van der Waals surface area contributed by atoms with Gasteiger partial charge in [-0.1, -0.05) is 0 Å². The fourth-order valence-electron chi connectivity index (χ4n) is 2.53. The van der Waals surface area contributed by atoms with E-state index in [2.05, 4.69) is 15.3 Å². The third-order valence-electron chi connectivity index (χ3n) is 4.07. The van der Waals surface area contributed by atoms with Gasteiger partial charge in [-0.05, 0) is 38.5 Å². The number of aliphatic carboxylic acids is 2. The minimum Gasteiger partial charge on any atom is -0.480 e. The van der Waals surface area contributed by atoms with E-state index in [0.717, 1.165) is 44.5 Å². The monoisotopic (exact) mass is 341 g/mol. The van der Waals surface area contributed by atoms with Gasteiger partial charge in [-0.3, -0.25) is 9.59 Å². The predicted octanol–water partition coefficient (Wildman–Crippen LogP) is 0.248. The molecule has 0 amide bonds. The number of hydrogen-bond donors (Lipinski definition) is 4. The molecule has 136 valence electrons. The van der Waals surface area contributed by atoms with Crippen molar-refractivity contribution in [1.29, 1.82) is 0 Å². The molecule has 0 spiro atoms. The van der Waals surface area contributed by atoms with Crippen LogP contribution >= 0.6 is 0 Å². The SMILES string of the molecule is Cc1c[n+](CCCCC(N)C(=O)O)cn1CCCCC(N)C(=O)O. The summed E-state index contributed by atoms with van der Waals surface area (Å²) in [7, 11) is 0. The maximum atomic E-state index is 10.7. The maximum absolute atomic E-state index is 10.7. The fraction of sp³-hybridized carbons (Fsp3) is 0.688. The Morgan fingerprint density at radius 2 is 1.62 bits per heavy atom. The van der Waals surface area contributed by atoms with Gasteiger partial charge in [0.2, 0.25) is 6.33 Å². The minimum atomic E-state index is -0.952. The molecule has 0 saturated heterocycles. The van der Waals surface area contributed by atoms with E-state index in [4.69, 9.17) is 21.7 Å². The Hall–Kier alpha value is -1.93. The van der Waals surface area contributed by atoms with E-state index in [0.29, 0.717) is 12.8 Å². The molecule has 0 saturated carbocycles. The first-order valence-corrected chi connectivity index (χ1v) is 8.34. The summed E-state index contributed by atoms with van der Waals surface area (Å²) >= 11 is 0. The second-order valence-electron chi connectivity index (χ2n) is 6.20. The van der Waals surface area contributed by atoms with E-state index in [9.17, 15) is 9.59 Å². The summed E-state index contributed by atoms with van der Waals surface area (Å²) in [4.78, 5) is 21.3. The van der Waals surface area contributed by atoms with E-state index in [1.165, 1.54) is 0 Å². The van der Waals surface area contributed by atoms with Crippen molar-refractivity contribution in [2.75, 3.05) is 0 Å². The molecular weight excluding hydrogens is 312 g/mol. The Labute approximate surface area is 142 Å². The molecule has 0 aliphatic rings. The highest BCUT2D eigenvalue weighted by Crippen LogP contribution is 2.05. The Kier molecular flexibility index (Phi) is 8.42. The number of carboxylic acid groups (broad SMARTS) is 2. The summed E-state index contributed by atoms with van der Waals surface area (Å²) in [5.41, 5.74) is 12.1. The standard InChI is InChI=1S/C16H28N4O4/c1-12-10-19(8-4-2-6-13(17)15(21)22)11-20(12)9-5-3-7-14(18)16(23)24/h10-11,13-14H,2-9,17-18H2,1H3,(H-,21,22,23,24)/p+1. The van der Waals surface area contributed by atoms with Crippen LogP contribution in [-0.4, -0.2) is 38.8 Å². The third-order valence-corrected chi connectivity index (χ3v) is 4.07.